The lowest BCUT2D eigenvalue weighted by Crippen LogP contribution is -2.34. The summed E-state index contributed by atoms with van der Waals surface area (Å²) in [6.45, 7) is 0.419. The van der Waals surface area contributed by atoms with Gasteiger partial charge in [0.15, 0.2) is 5.11 Å². The Balaban J connectivity index is 1.41. The van der Waals surface area contributed by atoms with E-state index < -0.39 is 0 Å². The maximum atomic E-state index is 12.7. The summed E-state index contributed by atoms with van der Waals surface area (Å²) in [5, 5.41) is 17.3. The molecule has 4 rings (SSSR count). The van der Waals surface area contributed by atoms with Gasteiger partial charge in [-0.15, -0.1) is 0 Å². The summed E-state index contributed by atoms with van der Waals surface area (Å²) in [6, 6.07) is 27.5. The van der Waals surface area contributed by atoms with Crippen LogP contribution in [-0.2, 0) is 6.61 Å². The van der Waals surface area contributed by atoms with Crippen LogP contribution in [0.15, 0.2) is 91.0 Å². The van der Waals surface area contributed by atoms with Crippen LogP contribution in [0.4, 0.5) is 5.69 Å². The van der Waals surface area contributed by atoms with Crippen LogP contribution in [0.25, 0.3) is 10.8 Å². The Kier molecular flexibility index (Phi) is 6.10. The Labute approximate surface area is 185 Å². The molecule has 0 aliphatic carbocycles. The largest absolute Gasteiger partial charge is 0.508 e. The highest BCUT2D eigenvalue weighted by atomic mass is 32.1. The molecule has 5 nitrogen and oxygen atoms in total. The summed E-state index contributed by atoms with van der Waals surface area (Å²) in [5.74, 6) is 0.458. The first-order chi connectivity index (χ1) is 15.1. The number of amides is 1. The summed E-state index contributed by atoms with van der Waals surface area (Å²) in [7, 11) is 0. The Morgan fingerprint density at radius 2 is 1.71 bits per heavy atom. The third-order valence-electron chi connectivity index (χ3n) is 4.68. The number of thiocarbonyl (C=S) groups is 1. The monoisotopic (exact) mass is 428 g/mol. The number of ether oxygens (including phenoxy) is 1. The molecule has 0 fully saturated rings. The molecule has 0 bridgehead atoms. The second-order valence-electron chi connectivity index (χ2n) is 6.92. The molecule has 0 radical (unpaired) electrons. The van der Waals surface area contributed by atoms with Crippen molar-refractivity contribution in [2.75, 3.05) is 5.32 Å². The van der Waals surface area contributed by atoms with E-state index in [9.17, 15) is 9.90 Å². The first kappa shape index (κ1) is 20.4. The summed E-state index contributed by atoms with van der Waals surface area (Å²) in [5.41, 5.74) is 2.23. The standard InChI is InChI=1S/C25H20N2O3S/c28-20-12-13-22-18(14-20)8-5-11-23(22)26-25(31)27-24(29)19-9-4-10-21(15-19)30-16-17-6-2-1-3-7-17/h1-15,28H,16H2,(H2,26,27,29,31). The van der Waals surface area contributed by atoms with Gasteiger partial charge >= 0.3 is 0 Å². The summed E-state index contributed by atoms with van der Waals surface area (Å²) < 4.78 is 5.79. The van der Waals surface area contributed by atoms with Gasteiger partial charge in [0.1, 0.15) is 18.1 Å². The molecule has 0 saturated heterocycles. The molecule has 0 atom stereocenters. The van der Waals surface area contributed by atoms with Gasteiger partial charge in [-0.2, -0.15) is 0 Å². The SMILES string of the molecule is O=C(NC(=S)Nc1cccc2cc(O)ccc12)c1cccc(OCc2ccccc2)c1. The fourth-order valence-electron chi connectivity index (χ4n) is 3.18. The molecular formula is C25H20N2O3S. The molecule has 0 aromatic heterocycles. The highest BCUT2D eigenvalue weighted by Gasteiger charge is 2.10. The molecular weight excluding hydrogens is 408 g/mol. The third kappa shape index (κ3) is 5.18. The third-order valence-corrected chi connectivity index (χ3v) is 4.89. The second-order valence-corrected chi connectivity index (χ2v) is 7.33. The molecule has 6 heteroatoms. The zero-order valence-electron chi connectivity index (χ0n) is 16.5. The molecule has 0 aliphatic rings. The molecule has 0 aliphatic heterocycles. The Bertz CT molecular complexity index is 1240. The molecule has 1 amide bonds. The lowest BCUT2D eigenvalue weighted by molar-refractivity contribution is 0.0977. The summed E-state index contributed by atoms with van der Waals surface area (Å²) >= 11 is 5.33. The molecule has 0 saturated carbocycles. The number of phenolic OH excluding ortho intramolecular Hbond substituents is 1. The minimum Gasteiger partial charge on any atom is -0.508 e. The number of rotatable bonds is 5. The molecule has 4 aromatic carbocycles. The van der Waals surface area contributed by atoms with Crippen LogP contribution in [0.5, 0.6) is 11.5 Å². The second kappa shape index (κ2) is 9.28. The van der Waals surface area contributed by atoms with Gasteiger partial charge in [-0.3, -0.25) is 10.1 Å². The molecule has 0 unspecified atom stereocenters. The zero-order valence-corrected chi connectivity index (χ0v) is 17.4. The minimum atomic E-state index is -0.333. The normalized spacial score (nSPS) is 10.5. The van der Waals surface area contributed by atoms with Crippen LogP contribution < -0.4 is 15.4 Å². The molecule has 154 valence electrons. The number of benzene rings is 4. The maximum absolute atomic E-state index is 12.7. The van der Waals surface area contributed by atoms with Gasteiger partial charge in [-0.25, -0.2) is 0 Å². The van der Waals surface area contributed by atoms with Crippen molar-refractivity contribution in [1.29, 1.82) is 0 Å². The van der Waals surface area contributed by atoms with E-state index >= 15 is 0 Å². The number of fused-ring (bicyclic) bond motifs is 1. The molecule has 0 heterocycles. The fourth-order valence-corrected chi connectivity index (χ4v) is 3.38. The van der Waals surface area contributed by atoms with Gasteiger partial charge < -0.3 is 15.2 Å². The van der Waals surface area contributed by atoms with Gasteiger partial charge in [0, 0.05) is 16.6 Å². The van der Waals surface area contributed by atoms with E-state index in [0.29, 0.717) is 17.9 Å². The van der Waals surface area contributed by atoms with Crippen molar-refractivity contribution in [2.45, 2.75) is 6.61 Å². The summed E-state index contributed by atoms with van der Waals surface area (Å²) in [4.78, 5) is 12.7. The smallest absolute Gasteiger partial charge is 0.257 e. The van der Waals surface area contributed by atoms with E-state index in [-0.39, 0.29) is 16.8 Å². The molecule has 4 aromatic rings. The number of nitrogens with one attached hydrogen (secondary N) is 2. The maximum Gasteiger partial charge on any atom is 0.257 e. The lowest BCUT2D eigenvalue weighted by Gasteiger charge is -2.13. The van der Waals surface area contributed by atoms with Crippen molar-refractivity contribution in [3.05, 3.63) is 102 Å². The van der Waals surface area contributed by atoms with Crippen LogP contribution in [0, 0.1) is 0 Å². The topological polar surface area (TPSA) is 70.6 Å². The van der Waals surface area contributed by atoms with Gasteiger partial charge in [0.05, 0.1) is 0 Å². The molecule has 3 N–H and O–H groups in total. The quantitative estimate of drug-likeness (QED) is 0.379. The van der Waals surface area contributed by atoms with E-state index in [1.165, 1.54) is 0 Å². The number of anilines is 1. The first-order valence-corrected chi connectivity index (χ1v) is 10.1. The fraction of sp³-hybridized carbons (Fsp3) is 0.0400. The molecule has 0 spiro atoms. The van der Waals surface area contributed by atoms with E-state index in [1.807, 2.05) is 54.6 Å². The highest BCUT2D eigenvalue weighted by molar-refractivity contribution is 7.80. The van der Waals surface area contributed by atoms with Crippen molar-refractivity contribution in [2.24, 2.45) is 0 Å². The lowest BCUT2D eigenvalue weighted by atomic mass is 10.1. The Morgan fingerprint density at radius 3 is 2.55 bits per heavy atom. The van der Waals surface area contributed by atoms with E-state index in [4.69, 9.17) is 17.0 Å². The zero-order chi connectivity index (χ0) is 21.6. The number of carbonyl (C=O) groups is 1. The van der Waals surface area contributed by atoms with Crippen molar-refractivity contribution < 1.29 is 14.6 Å². The Morgan fingerprint density at radius 1 is 0.903 bits per heavy atom. The summed E-state index contributed by atoms with van der Waals surface area (Å²) in [6.07, 6.45) is 0. The van der Waals surface area contributed by atoms with Crippen LogP contribution in [0.3, 0.4) is 0 Å². The van der Waals surface area contributed by atoms with Crippen molar-refractivity contribution in [3.8, 4) is 11.5 Å². The van der Waals surface area contributed by atoms with Gasteiger partial charge in [-0.05, 0) is 65.6 Å². The Hall–Kier alpha value is -3.90. The number of phenols is 1. The van der Waals surface area contributed by atoms with Crippen LogP contribution in [0.2, 0.25) is 0 Å². The van der Waals surface area contributed by atoms with E-state index in [0.717, 1.165) is 22.0 Å². The number of hydrogen-bond acceptors (Lipinski definition) is 4. The van der Waals surface area contributed by atoms with Crippen LogP contribution in [0.1, 0.15) is 15.9 Å². The predicted octanol–water partition coefficient (Wildman–Crippen LogP) is 5.25. The van der Waals surface area contributed by atoms with E-state index in [1.54, 1.807) is 36.4 Å². The van der Waals surface area contributed by atoms with Crippen molar-refractivity contribution in [3.63, 3.8) is 0 Å². The van der Waals surface area contributed by atoms with E-state index in [2.05, 4.69) is 10.6 Å². The van der Waals surface area contributed by atoms with Crippen LogP contribution in [-0.4, -0.2) is 16.1 Å². The number of carbonyl (C=O) groups excluding carboxylic acids is 1. The molecule has 31 heavy (non-hydrogen) atoms. The average Bonchev–Trinajstić information content (AvgIpc) is 2.78. The number of aromatic hydroxyl groups is 1. The minimum absolute atomic E-state index is 0.182. The number of hydrogen-bond donors (Lipinski definition) is 3. The van der Waals surface area contributed by atoms with Gasteiger partial charge in [0.2, 0.25) is 0 Å². The predicted molar refractivity (Wildman–Crippen MR) is 127 cm³/mol. The van der Waals surface area contributed by atoms with Crippen LogP contribution >= 0.6 is 12.2 Å². The van der Waals surface area contributed by atoms with Crippen molar-refractivity contribution in [1.82, 2.24) is 5.32 Å². The van der Waals surface area contributed by atoms with Gasteiger partial charge in [-0.1, -0.05) is 48.5 Å². The average molecular weight is 429 g/mol. The first-order valence-electron chi connectivity index (χ1n) is 9.69. The van der Waals surface area contributed by atoms with Gasteiger partial charge in [0.25, 0.3) is 5.91 Å². The highest BCUT2D eigenvalue weighted by Crippen LogP contribution is 2.26. The van der Waals surface area contributed by atoms with Crippen molar-refractivity contribution >= 4 is 39.7 Å².